The van der Waals surface area contributed by atoms with Crippen molar-refractivity contribution < 1.29 is 32.7 Å². The van der Waals surface area contributed by atoms with Gasteiger partial charge >= 0.3 is 6.18 Å². The van der Waals surface area contributed by atoms with Gasteiger partial charge in [-0.1, -0.05) is 92.7 Å². The lowest BCUT2D eigenvalue weighted by Crippen LogP contribution is -2.58. The van der Waals surface area contributed by atoms with E-state index < -0.39 is 48.6 Å². The third-order valence-electron chi connectivity index (χ3n) is 6.99. The zero-order valence-electron chi connectivity index (χ0n) is 23.2. The summed E-state index contributed by atoms with van der Waals surface area (Å²) in [5.41, 5.74) is 1.63. The molecule has 10 heteroatoms. The van der Waals surface area contributed by atoms with Crippen LogP contribution in [0.3, 0.4) is 0 Å². The van der Waals surface area contributed by atoms with Crippen LogP contribution >= 0.6 is 0 Å². The summed E-state index contributed by atoms with van der Waals surface area (Å²) < 4.78 is 40.6. The number of hydrogen-bond acceptors (Lipinski definition) is 4. The molecular formula is C32H32F3N3O4. The summed E-state index contributed by atoms with van der Waals surface area (Å²) in [6, 6.07) is 22.6. The van der Waals surface area contributed by atoms with E-state index in [9.17, 15) is 32.7 Å². The largest absolute Gasteiger partial charge is 0.416 e. The summed E-state index contributed by atoms with van der Waals surface area (Å²) in [6.45, 7) is 2.91. The van der Waals surface area contributed by atoms with Crippen LogP contribution in [-0.4, -0.2) is 63.5 Å². The number of amides is 3. The molecule has 0 saturated heterocycles. The molecular weight excluding hydrogens is 547 g/mol. The second-order valence-corrected chi connectivity index (χ2v) is 10.4. The number of nitrogens with one attached hydrogen (secondary N) is 1. The normalized spacial score (nSPS) is 17.1. The van der Waals surface area contributed by atoms with Crippen LogP contribution in [0.5, 0.6) is 0 Å². The number of rotatable bonds is 9. The Bertz CT molecular complexity index is 1410. The lowest BCUT2D eigenvalue weighted by Gasteiger charge is -2.41. The molecule has 3 atom stereocenters. The van der Waals surface area contributed by atoms with E-state index in [1.165, 1.54) is 16.0 Å². The second kappa shape index (κ2) is 13.0. The lowest BCUT2D eigenvalue weighted by atomic mass is 9.96. The predicted molar refractivity (Wildman–Crippen MR) is 152 cm³/mol. The Morgan fingerprint density at radius 2 is 1.45 bits per heavy atom. The monoisotopic (exact) mass is 579 g/mol. The summed E-state index contributed by atoms with van der Waals surface area (Å²) in [4.78, 5) is 43.4. The van der Waals surface area contributed by atoms with Gasteiger partial charge in [-0.3, -0.25) is 19.3 Å². The highest BCUT2D eigenvalue weighted by Gasteiger charge is 2.45. The highest BCUT2D eigenvalue weighted by atomic mass is 19.4. The van der Waals surface area contributed by atoms with Crippen molar-refractivity contribution in [2.45, 2.75) is 44.6 Å². The Balaban J connectivity index is 1.68. The highest BCUT2D eigenvalue weighted by molar-refractivity contribution is 6.03. The topological polar surface area (TPSA) is 89.9 Å². The van der Waals surface area contributed by atoms with E-state index in [1.807, 2.05) is 0 Å². The maximum atomic E-state index is 14.0. The molecule has 2 N–H and O–H groups in total. The molecule has 0 radical (unpaired) electrons. The van der Waals surface area contributed by atoms with Crippen LogP contribution in [0.1, 0.15) is 35.3 Å². The fourth-order valence-corrected chi connectivity index (χ4v) is 4.94. The van der Waals surface area contributed by atoms with Gasteiger partial charge in [-0.15, -0.1) is 0 Å². The van der Waals surface area contributed by atoms with E-state index >= 15 is 0 Å². The first kappa shape index (κ1) is 30.5. The number of halogens is 3. The van der Waals surface area contributed by atoms with Crippen molar-refractivity contribution in [2.75, 3.05) is 6.54 Å². The molecule has 1 aliphatic heterocycles. The molecule has 0 saturated carbocycles. The number of carbonyl (C=O) groups is 3. The van der Waals surface area contributed by atoms with E-state index in [0.29, 0.717) is 16.7 Å². The van der Waals surface area contributed by atoms with Gasteiger partial charge in [0.05, 0.1) is 11.7 Å². The van der Waals surface area contributed by atoms with Crippen LogP contribution < -0.4 is 5.32 Å². The Morgan fingerprint density at radius 1 is 0.905 bits per heavy atom. The fraction of sp³-hybridized carbons (Fsp3) is 0.281. The minimum Gasteiger partial charge on any atom is -0.382 e. The quantitative estimate of drug-likeness (QED) is 0.387. The van der Waals surface area contributed by atoms with Crippen molar-refractivity contribution in [3.05, 3.63) is 114 Å². The molecule has 4 rings (SSSR count). The number of alkyl halides is 3. The maximum Gasteiger partial charge on any atom is 0.416 e. The summed E-state index contributed by atoms with van der Waals surface area (Å²) >= 11 is 0. The highest BCUT2D eigenvalue weighted by Crippen LogP contribution is 2.31. The minimum atomic E-state index is -4.98. The van der Waals surface area contributed by atoms with E-state index in [0.717, 1.165) is 0 Å². The Hall–Kier alpha value is -4.44. The van der Waals surface area contributed by atoms with Crippen molar-refractivity contribution >= 4 is 23.4 Å². The van der Waals surface area contributed by atoms with Crippen LogP contribution in [0.2, 0.25) is 0 Å². The van der Waals surface area contributed by atoms with Crippen LogP contribution in [0.15, 0.2) is 97.2 Å². The summed E-state index contributed by atoms with van der Waals surface area (Å²) in [5, 5.41) is 12.4. The minimum absolute atomic E-state index is 0.243. The predicted octanol–water partition coefficient (Wildman–Crippen LogP) is 4.64. The molecule has 3 amide bonds. The van der Waals surface area contributed by atoms with Gasteiger partial charge in [0.15, 0.2) is 6.10 Å². The molecule has 3 aromatic rings. The molecule has 1 aliphatic rings. The van der Waals surface area contributed by atoms with E-state index in [1.54, 1.807) is 105 Å². The zero-order valence-corrected chi connectivity index (χ0v) is 23.2. The Labute approximate surface area is 242 Å². The van der Waals surface area contributed by atoms with Gasteiger partial charge in [0.1, 0.15) is 12.6 Å². The van der Waals surface area contributed by atoms with E-state index in [-0.39, 0.29) is 18.0 Å². The average molecular weight is 580 g/mol. The number of aliphatic hydroxyl groups excluding tert-OH is 1. The molecule has 0 aliphatic carbocycles. The van der Waals surface area contributed by atoms with Crippen molar-refractivity contribution in [1.29, 1.82) is 0 Å². The molecule has 7 nitrogen and oxygen atoms in total. The van der Waals surface area contributed by atoms with Gasteiger partial charge in [-0.2, -0.15) is 13.2 Å². The maximum absolute atomic E-state index is 14.0. The SMILES string of the molecule is CC(C)[C@@H]1C(=O)N(CC(=O)NC(Cc2ccccc2)C(O)C(F)(F)F)C(c2ccccc2)=CN1C(=O)c1ccccc1. The van der Waals surface area contributed by atoms with Gasteiger partial charge in [-0.05, 0) is 35.6 Å². The van der Waals surface area contributed by atoms with Crippen LogP contribution in [-0.2, 0) is 16.0 Å². The van der Waals surface area contributed by atoms with Crippen molar-refractivity contribution in [1.82, 2.24) is 15.1 Å². The first-order valence-electron chi connectivity index (χ1n) is 13.5. The van der Waals surface area contributed by atoms with Crippen molar-refractivity contribution in [3.63, 3.8) is 0 Å². The number of carbonyl (C=O) groups excluding carboxylic acids is 3. The molecule has 1 heterocycles. The lowest BCUT2D eigenvalue weighted by molar-refractivity contribution is -0.212. The summed E-state index contributed by atoms with van der Waals surface area (Å²) in [7, 11) is 0. The van der Waals surface area contributed by atoms with Crippen molar-refractivity contribution in [3.8, 4) is 0 Å². The molecule has 0 bridgehead atoms. The Morgan fingerprint density at radius 3 is 2.00 bits per heavy atom. The van der Waals surface area contributed by atoms with E-state index in [4.69, 9.17) is 0 Å². The van der Waals surface area contributed by atoms with Gasteiger partial charge in [0.25, 0.3) is 11.8 Å². The summed E-state index contributed by atoms with van der Waals surface area (Å²) in [5.74, 6) is -2.21. The summed E-state index contributed by atoms with van der Waals surface area (Å²) in [6.07, 6.45) is -6.58. The number of hydrogen-bond donors (Lipinski definition) is 2. The molecule has 220 valence electrons. The molecule has 3 aromatic carbocycles. The zero-order chi connectivity index (χ0) is 30.4. The molecule has 42 heavy (non-hydrogen) atoms. The fourth-order valence-electron chi connectivity index (χ4n) is 4.94. The number of aliphatic hydroxyl groups is 1. The van der Waals surface area contributed by atoms with Crippen LogP contribution in [0.25, 0.3) is 5.70 Å². The van der Waals surface area contributed by atoms with Crippen molar-refractivity contribution in [2.24, 2.45) is 5.92 Å². The first-order valence-corrected chi connectivity index (χ1v) is 13.5. The molecule has 0 fully saturated rings. The van der Waals surface area contributed by atoms with Crippen LogP contribution in [0, 0.1) is 5.92 Å². The molecule has 2 unspecified atom stereocenters. The third-order valence-corrected chi connectivity index (χ3v) is 6.99. The van der Waals surface area contributed by atoms with Crippen LogP contribution in [0.4, 0.5) is 13.2 Å². The smallest absolute Gasteiger partial charge is 0.382 e. The van der Waals surface area contributed by atoms with Gasteiger partial charge < -0.3 is 15.3 Å². The second-order valence-electron chi connectivity index (χ2n) is 10.4. The number of nitrogens with zero attached hydrogens (tertiary/aromatic N) is 2. The number of benzene rings is 3. The average Bonchev–Trinajstić information content (AvgIpc) is 2.97. The standard InChI is InChI=1S/C32H32F3N3O4/c1-21(2)28-31(42)37(20-27(39)36-25(29(40)32(33,34)35)18-22-12-6-3-7-13-22)26(23-14-8-4-9-15-23)19-38(28)30(41)24-16-10-5-11-17-24/h3-17,19,21,25,28-29,40H,18,20H2,1-2H3,(H,36,39)/t25?,28-,29?/m1/s1. The molecule has 0 spiro atoms. The van der Waals surface area contributed by atoms with Gasteiger partial charge in [-0.25, -0.2) is 0 Å². The van der Waals surface area contributed by atoms with Gasteiger partial charge in [0.2, 0.25) is 5.91 Å². The third kappa shape index (κ3) is 7.06. The first-order chi connectivity index (χ1) is 20.0. The Kier molecular flexibility index (Phi) is 9.47. The molecule has 0 aromatic heterocycles. The van der Waals surface area contributed by atoms with E-state index in [2.05, 4.69) is 5.32 Å². The van der Waals surface area contributed by atoms with Gasteiger partial charge in [0, 0.05) is 11.8 Å².